The fourth-order valence-corrected chi connectivity index (χ4v) is 2.09. The summed E-state index contributed by atoms with van der Waals surface area (Å²) in [4.78, 5) is 0. The second kappa shape index (κ2) is 6.25. The molecule has 0 aliphatic rings. The van der Waals surface area contributed by atoms with Crippen molar-refractivity contribution in [3.8, 4) is 22.6 Å². The zero-order valence-electron chi connectivity index (χ0n) is 11.3. The molecule has 2 aromatic carbocycles. The minimum atomic E-state index is 0.452. The number of nitrogens with two attached hydrogens (primary N) is 1. The first-order valence-electron chi connectivity index (χ1n) is 6.39. The van der Waals surface area contributed by atoms with Gasteiger partial charge in [-0.25, -0.2) is 0 Å². The molecule has 0 unspecified atom stereocenters. The molecule has 0 heterocycles. The molecule has 0 saturated carbocycles. The van der Waals surface area contributed by atoms with Crippen molar-refractivity contribution >= 4 is 0 Å². The summed E-state index contributed by atoms with van der Waals surface area (Å²) in [6.07, 6.45) is 0. The number of para-hydroxylation sites is 1. The summed E-state index contributed by atoms with van der Waals surface area (Å²) in [6.45, 7) is 3.08. The van der Waals surface area contributed by atoms with Crippen LogP contribution in [-0.2, 0) is 6.54 Å². The molecule has 100 valence electrons. The van der Waals surface area contributed by atoms with Crippen LogP contribution in [0.15, 0.2) is 42.5 Å². The van der Waals surface area contributed by atoms with Gasteiger partial charge in [0.05, 0.1) is 13.7 Å². The molecule has 2 aromatic rings. The van der Waals surface area contributed by atoms with Gasteiger partial charge in [0.1, 0.15) is 11.5 Å². The fraction of sp³-hybridized carbons (Fsp3) is 0.250. The lowest BCUT2D eigenvalue weighted by Gasteiger charge is -2.13. The third-order valence-electron chi connectivity index (χ3n) is 3.00. The molecular formula is C16H19NO2. The molecule has 0 aliphatic carbocycles. The van der Waals surface area contributed by atoms with Gasteiger partial charge in [0.15, 0.2) is 0 Å². The number of rotatable bonds is 5. The molecule has 0 bridgehead atoms. The molecule has 0 fully saturated rings. The maximum Gasteiger partial charge on any atom is 0.127 e. The monoisotopic (exact) mass is 257 g/mol. The number of hydrogen-bond donors (Lipinski definition) is 1. The summed E-state index contributed by atoms with van der Waals surface area (Å²) in [7, 11) is 1.66. The van der Waals surface area contributed by atoms with Crippen LogP contribution >= 0.6 is 0 Å². The Morgan fingerprint density at radius 1 is 1.05 bits per heavy atom. The molecular weight excluding hydrogens is 238 g/mol. The van der Waals surface area contributed by atoms with E-state index in [2.05, 4.69) is 6.07 Å². The SMILES string of the molecule is CCOc1ccccc1-c1ccc(OC)c(CN)c1. The van der Waals surface area contributed by atoms with Crippen molar-refractivity contribution in [2.45, 2.75) is 13.5 Å². The van der Waals surface area contributed by atoms with E-state index >= 15 is 0 Å². The molecule has 0 aromatic heterocycles. The van der Waals surface area contributed by atoms with E-state index in [4.69, 9.17) is 15.2 Å². The molecule has 0 saturated heterocycles. The maximum absolute atomic E-state index is 5.76. The number of ether oxygens (including phenoxy) is 2. The van der Waals surface area contributed by atoms with Crippen LogP contribution in [0.5, 0.6) is 11.5 Å². The second-order valence-electron chi connectivity index (χ2n) is 4.16. The lowest BCUT2D eigenvalue weighted by Crippen LogP contribution is -2.00. The van der Waals surface area contributed by atoms with Gasteiger partial charge in [-0.2, -0.15) is 0 Å². The highest BCUT2D eigenvalue weighted by molar-refractivity contribution is 5.71. The molecule has 3 nitrogen and oxygen atoms in total. The molecule has 0 amide bonds. The highest BCUT2D eigenvalue weighted by Crippen LogP contribution is 2.32. The zero-order valence-corrected chi connectivity index (χ0v) is 11.3. The van der Waals surface area contributed by atoms with Crippen molar-refractivity contribution in [3.63, 3.8) is 0 Å². The van der Waals surface area contributed by atoms with Crippen molar-refractivity contribution in [3.05, 3.63) is 48.0 Å². The van der Waals surface area contributed by atoms with Gasteiger partial charge < -0.3 is 15.2 Å². The maximum atomic E-state index is 5.76. The topological polar surface area (TPSA) is 44.5 Å². The van der Waals surface area contributed by atoms with Gasteiger partial charge in [-0.05, 0) is 30.7 Å². The highest BCUT2D eigenvalue weighted by Gasteiger charge is 2.08. The third kappa shape index (κ3) is 2.88. The van der Waals surface area contributed by atoms with Crippen LogP contribution in [0.2, 0.25) is 0 Å². The van der Waals surface area contributed by atoms with E-state index in [1.54, 1.807) is 7.11 Å². The molecule has 2 rings (SSSR count). The van der Waals surface area contributed by atoms with Gasteiger partial charge >= 0.3 is 0 Å². The number of hydrogen-bond acceptors (Lipinski definition) is 3. The standard InChI is InChI=1S/C16H19NO2/c1-3-19-16-7-5-4-6-14(16)12-8-9-15(18-2)13(10-12)11-17/h4-10H,3,11,17H2,1-2H3. The average molecular weight is 257 g/mol. The van der Waals surface area contributed by atoms with E-state index in [0.717, 1.165) is 28.2 Å². The van der Waals surface area contributed by atoms with Crippen LogP contribution in [0.3, 0.4) is 0 Å². The van der Waals surface area contributed by atoms with Crippen molar-refractivity contribution in [2.24, 2.45) is 5.73 Å². The summed E-state index contributed by atoms with van der Waals surface area (Å²) >= 11 is 0. The summed E-state index contributed by atoms with van der Waals surface area (Å²) in [5, 5.41) is 0. The molecule has 19 heavy (non-hydrogen) atoms. The molecule has 0 atom stereocenters. The minimum Gasteiger partial charge on any atom is -0.496 e. The van der Waals surface area contributed by atoms with Crippen LogP contribution in [0.4, 0.5) is 0 Å². The van der Waals surface area contributed by atoms with E-state index in [0.29, 0.717) is 13.2 Å². The lowest BCUT2D eigenvalue weighted by atomic mass is 10.0. The Hall–Kier alpha value is -2.00. The Kier molecular flexibility index (Phi) is 4.42. The van der Waals surface area contributed by atoms with Crippen molar-refractivity contribution in [1.82, 2.24) is 0 Å². The highest BCUT2D eigenvalue weighted by atomic mass is 16.5. The van der Waals surface area contributed by atoms with Gasteiger partial charge in [0.2, 0.25) is 0 Å². The van der Waals surface area contributed by atoms with E-state index in [-0.39, 0.29) is 0 Å². The largest absolute Gasteiger partial charge is 0.496 e. The smallest absolute Gasteiger partial charge is 0.127 e. The average Bonchev–Trinajstić information content (AvgIpc) is 2.47. The van der Waals surface area contributed by atoms with Crippen LogP contribution < -0.4 is 15.2 Å². The Labute approximate surface area is 114 Å². The fourth-order valence-electron chi connectivity index (χ4n) is 2.09. The van der Waals surface area contributed by atoms with Crippen LogP contribution in [0, 0.1) is 0 Å². The summed E-state index contributed by atoms with van der Waals surface area (Å²) in [5.41, 5.74) is 8.91. The molecule has 0 spiro atoms. The summed E-state index contributed by atoms with van der Waals surface area (Å²) in [5.74, 6) is 1.71. The third-order valence-corrected chi connectivity index (χ3v) is 3.00. The van der Waals surface area contributed by atoms with Gasteiger partial charge in [0.25, 0.3) is 0 Å². The first-order chi connectivity index (χ1) is 9.30. The normalized spacial score (nSPS) is 10.3. The van der Waals surface area contributed by atoms with Crippen molar-refractivity contribution < 1.29 is 9.47 Å². The number of benzene rings is 2. The van der Waals surface area contributed by atoms with Crippen molar-refractivity contribution in [1.29, 1.82) is 0 Å². The Morgan fingerprint density at radius 3 is 2.53 bits per heavy atom. The molecule has 0 aliphatic heterocycles. The van der Waals surface area contributed by atoms with Crippen LogP contribution in [-0.4, -0.2) is 13.7 Å². The van der Waals surface area contributed by atoms with E-state index in [1.165, 1.54) is 0 Å². The predicted octanol–water partition coefficient (Wildman–Crippen LogP) is 3.22. The van der Waals surface area contributed by atoms with E-state index < -0.39 is 0 Å². The minimum absolute atomic E-state index is 0.452. The quantitative estimate of drug-likeness (QED) is 0.894. The first kappa shape index (κ1) is 13.4. The summed E-state index contributed by atoms with van der Waals surface area (Å²) in [6, 6.07) is 14.0. The zero-order chi connectivity index (χ0) is 13.7. The Bertz CT molecular complexity index is 552. The predicted molar refractivity (Wildman–Crippen MR) is 77.5 cm³/mol. The Balaban J connectivity index is 2.47. The second-order valence-corrected chi connectivity index (χ2v) is 4.16. The molecule has 2 N–H and O–H groups in total. The molecule has 3 heteroatoms. The molecule has 0 radical (unpaired) electrons. The van der Waals surface area contributed by atoms with E-state index in [9.17, 15) is 0 Å². The first-order valence-corrected chi connectivity index (χ1v) is 6.39. The number of methoxy groups -OCH3 is 1. The van der Waals surface area contributed by atoms with Gasteiger partial charge in [-0.3, -0.25) is 0 Å². The van der Waals surface area contributed by atoms with Gasteiger partial charge in [0, 0.05) is 17.7 Å². The lowest BCUT2D eigenvalue weighted by molar-refractivity contribution is 0.341. The Morgan fingerprint density at radius 2 is 1.84 bits per heavy atom. The van der Waals surface area contributed by atoms with Crippen molar-refractivity contribution in [2.75, 3.05) is 13.7 Å². The van der Waals surface area contributed by atoms with E-state index in [1.807, 2.05) is 43.3 Å². The van der Waals surface area contributed by atoms with Gasteiger partial charge in [-0.1, -0.05) is 24.3 Å². The summed E-state index contributed by atoms with van der Waals surface area (Å²) < 4.78 is 11.0. The van der Waals surface area contributed by atoms with Crippen LogP contribution in [0.25, 0.3) is 11.1 Å². The van der Waals surface area contributed by atoms with Gasteiger partial charge in [-0.15, -0.1) is 0 Å². The van der Waals surface area contributed by atoms with Crippen LogP contribution in [0.1, 0.15) is 12.5 Å².